The molecule has 0 radical (unpaired) electrons. The molecule has 2 heterocycles. The molecule has 1 saturated heterocycles. The van der Waals surface area contributed by atoms with Gasteiger partial charge in [-0.05, 0) is 26.2 Å². The molecule has 1 aliphatic rings. The standard InChI is InChI=1S/C9H13N3O2/c1-7-10-8(6-13)12(11-7)9-4-2-3-5-14-9/h6,9H,2-5H2,1H3. The van der Waals surface area contributed by atoms with Crippen molar-refractivity contribution in [3.63, 3.8) is 0 Å². The number of carbonyl (C=O) groups is 1. The molecule has 0 spiro atoms. The van der Waals surface area contributed by atoms with Gasteiger partial charge in [-0.3, -0.25) is 4.79 Å². The third kappa shape index (κ3) is 1.68. The third-order valence-electron chi connectivity index (χ3n) is 2.30. The maximum atomic E-state index is 10.7. The summed E-state index contributed by atoms with van der Waals surface area (Å²) in [5.41, 5.74) is 0. The highest BCUT2D eigenvalue weighted by molar-refractivity contribution is 5.68. The van der Waals surface area contributed by atoms with Gasteiger partial charge < -0.3 is 4.74 Å². The Morgan fingerprint density at radius 1 is 1.57 bits per heavy atom. The van der Waals surface area contributed by atoms with Crippen LogP contribution < -0.4 is 0 Å². The summed E-state index contributed by atoms with van der Waals surface area (Å²) >= 11 is 0. The van der Waals surface area contributed by atoms with Crippen molar-refractivity contribution < 1.29 is 9.53 Å². The van der Waals surface area contributed by atoms with Gasteiger partial charge in [0.1, 0.15) is 5.82 Å². The maximum absolute atomic E-state index is 10.7. The predicted molar refractivity (Wildman–Crippen MR) is 49.0 cm³/mol. The lowest BCUT2D eigenvalue weighted by Gasteiger charge is -2.22. The first-order valence-corrected chi connectivity index (χ1v) is 4.81. The highest BCUT2D eigenvalue weighted by Crippen LogP contribution is 2.22. The largest absolute Gasteiger partial charge is 0.356 e. The first-order chi connectivity index (χ1) is 6.81. The van der Waals surface area contributed by atoms with E-state index in [1.165, 1.54) is 0 Å². The van der Waals surface area contributed by atoms with E-state index in [9.17, 15) is 4.79 Å². The van der Waals surface area contributed by atoms with Gasteiger partial charge in [-0.15, -0.1) is 0 Å². The average molecular weight is 195 g/mol. The fourth-order valence-corrected chi connectivity index (χ4v) is 1.66. The normalized spacial score (nSPS) is 22.2. The fourth-order valence-electron chi connectivity index (χ4n) is 1.66. The molecule has 1 aromatic rings. The summed E-state index contributed by atoms with van der Waals surface area (Å²) in [6.07, 6.45) is 3.72. The maximum Gasteiger partial charge on any atom is 0.193 e. The minimum atomic E-state index is -0.106. The van der Waals surface area contributed by atoms with Crippen LogP contribution >= 0.6 is 0 Å². The molecule has 1 fully saturated rings. The van der Waals surface area contributed by atoms with E-state index < -0.39 is 0 Å². The second-order valence-corrected chi connectivity index (χ2v) is 3.40. The monoisotopic (exact) mass is 195 g/mol. The Bertz CT molecular complexity index is 329. The average Bonchev–Trinajstić information content (AvgIpc) is 2.61. The zero-order valence-corrected chi connectivity index (χ0v) is 8.14. The van der Waals surface area contributed by atoms with E-state index in [2.05, 4.69) is 10.1 Å². The zero-order valence-electron chi connectivity index (χ0n) is 8.14. The van der Waals surface area contributed by atoms with Crippen molar-refractivity contribution in [2.24, 2.45) is 0 Å². The summed E-state index contributed by atoms with van der Waals surface area (Å²) in [5, 5.41) is 4.15. The molecular formula is C9H13N3O2. The van der Waals surface area contributed by atoms with E-state index in [4.69, 9.17) is 4.74 Å². The molecule has 2 rings (SSSR count). The summed E-state index contributed by atoms with van der Waals surface area (Å²) in [4.78, 5) is 14.7. The Hall–Kier alpha value is -1.23. The van der Waals surface area contributed by atoms with E-state index >= 15 is 0 Å². The highest BCUT2D eigenvalue weighted by Gasteiger charge is 2.20. The number of hydrogen-bond acceptors (Lipinski definition) is 4. The van der Waals surface area contributed by atoms with Crippen LogP contribution in [-0.2, 0) is 4.74 Å². The minimum absolute atomic E-state index is 0.106. The predicted octanol–water partition coefficient (Wildman–Crippen LogP) is 1.10. The Kier molecular flexibility index (Phi) is 2.58. The molecule has 0 aromatic carbocycles. The molecule has 1 aliphatic heterocycles. The van der Waals surface area contributed by atoms with Gasteiger partial charge >= 0.3 is 0 Å². The van der Waals surface area contributed by atoms with E-state index in [-0.39, 0.29) is 6.23 Å². The number of aryl methyl sites for hydroxylation is 1. The Morgan fingerprint density at radius 2 is 2.43 bits per heavy atom. The van der Waals surface area contributed by atoms with Crippen molar-refractivity contribution in [2.75, 3.05) is 6.61 Å². The van der Waals surface area contributed by atoms with Gasteiger partial charge in [-0.2, -0.15) is 5.10 Å². The van der Waals surface area contributed by atoms with E-state index in [0.717, 1.165) is 32.2 Å². The molecule has 1 atom stereocenters. The number of hydrogen-bond donors (Lipinski definition) is 0. The molecule has 0 N–H and O–H groups in total. The van der Waals surface area contributed by atoms with Crippen molar-refractivity contribution in [1.82, 2.24) is 14.8 Å². The lowest BCUT2D eigenvalue weighted by molar-refractivity contribution is -0.0406. The quantitative estimate of drug-likeness (QED) is 0.663. The Morgan fingerprint density at radius 3 is 3.07 bits per heavy atom. The molecule has 14 heavy (non-hydrogen) atoms. The van der Waals surface area contributed by atoms with Crippen LogP contribution in [0.25, 0.3) is 0 Å². The van der Waals surface area contributed by atoms with Crippen LogP contribution in [0, 0.1) is 6.92 Å². The van der Waals surface area contributed by atoms with E-state index in [1.807, 2.05) is 0 Å². The number of carbonyl (C=O) groups excluding carboxylic acids is 1. The Labute approximate surface area is 82.1 Å². The number of ether oxygens (including phenoxy) is 1. The van der Waals surface area contributed by atoms with Crippen LogP contribution in [0.2, 0.25) is 0 Å². The fraction of sp³-hybridized carbons (Fsp3) is 0.667. The molecule has 0 aliphatic carbocycles. The van der Waals surface area contributed by atoms with Gasteiger partial charge in [0.2, 0.25) is 0 Å². The molecule has 1 unspecified atom stereocenters. The van der Waals surface area contributed by atoms with Crippen molar-refractivity contribution in [1.29, 1.82) is 0 Å². The lowest BCUT2D eigenvalue weighted by Crippen LogP contribution is -2.21. The van der Waals surface area contributed by atoms with Crippen LogP contribution in [0.5, 0.6) is 0 Å². The first-order valence-electron chi connectivity index (χ1n) is 4.81. The number of nitrogens with zero attached hydrogens (tertiary/aromatic N) is 3. The van der Waals surface area contributed by atoms with Crippen molar-refractivity contribution in [2.45, 2.75) is 32.4 Å². The van der Waals surface area contributed by atoms with Gasteiger partial charge in [-0.1, -0.05) is 0 Å². The molecule has 0 amide bonds. The van der Waals surface area contributed by atoms with E-state index in [1.54, 1.807) is 11.6 Å². The van der Waals surface area contributed by atoms with Crippen molar-refractivity contribution in [3.05, 3.63) is 11.6 Å². The van der Waals surface area contributed by atoms with Gasteiger partial charge in [-0.25, -0.2) is 9.67 Å². The SMILES string of the molecule is Cc1nc(C=O)n(C2CCCCO2)n1. The molecule has 5 heteroatoms. The van der Waals surface area contributed by atoms with Gasteiger partial charge in [0, 0.05) is 6.61 Å². The van der Waals surface area contributed by atoms with Crippen LogP contribution in [0.1, 0.15) is 41.9 Å². The second kappa shape index (κ2) is 3.88. The van der Waals surface area contributed by atoms with Gasteiger partial charge in [0.25, 0.3) is 0 Å². The summed E-state index contributed by atoms with van der Waals surface area (Å²) in [6.45, 7) is 2.51. The van der Waals surface area contributed by atoms with Gasteiger partial charge in [0.15, 0.2) is 18.3 Å². The molecule has 1 aromatic heterocycles. The van der Waals surface area contributed by atoms with Crippen LogP contribution in [0.3, 0.4) is 0 Å². The minimum Gasteiger partial charge on any atom is -0.356 e. The van der Waals surface area contributed by atoms with Crippen LogP contribution in [0.15, 0.2) is 0 Å². The second-order valence-electron chi connectivity index (χ2n) is 3.40. The van der Waals surface area contributed by atoms with Crippen LogP contribution in [0.4, 0.5) is 0 Å². The first kappa shape index (κ1) is 9.33. The Balaban J connectivity index is 2.24. The molecule has 0 saturated carbocycles. The van der Waals surface area contributed by atoms with Gasteiger partial charge in [0.05, 0.1) is 0 Å². The van der Waals surface area contributed by atoms with Crippen molar-refractivity contribution >= 4 is 6.29 Å². The third-order valence-corrected chi connectivity index (χ3v) is 2.30. The number of rotatable bonds is 2. The zero-order chi connectivity index (χ0) is 9.97. The topological polar surface area (TPSA) is 57.0 Å². The molecule has 76 valence electrons. The summed E-state index contributed by atoms with van der Waals surface area (Å²) in [7, 11) is 0. The molecular weight excluding hydrogens is 182 g/mol. The highest BCUT2D eigenvalue weighted by atomic mass is 16.5. The van der Waals surface area contributed by atoms with E-state index in [0.29, 0.717) is 11.6 Å². The number of aromatic nitrogens is 3. The lowest BCUT2D eigenvalue weighted by atomic mass is 10.2. The summed E-state index contributed by atoms with van der Waals surface area (Å²) in [6, 6.07) is 0. The van der Waals surface area contributed by atoms with Crippen molar-refractivity contribution in [3.8, 4) is 0 Å². The molecule has 0 bridgehead atoms. The summed E-state index contributed by atoms with van der Waals surface area (Å²) in [5.74, 6) is 0.968. The van der Waals surface area contributed by atoms with Crippen LogP contribution in [-0.4, -0.2) is 27.7 Å². The summed E-state index contributed by atoms with van der Waals surface area (Å²) < 4.78 is 7.11. The smallest absolute Gasteiger partial charge is 0.193 e. The molecule has 5 nitrogen and oxygen atoms in total. The number of aldehydes is 1.